The Balaban J connectivity index is 1.58. The highest BCUT2D eigenvalue weighted by atomic mass is 19.4. The molecule has 0 saturated heterocycles. The van der Waals surface area contributed by atoms with E-state index in [1.54, 1.807) is 24.4 Å². The predicted octanol–water partition coefficient (Wildman–Crippen LogP) is 4.31. The molecule has 1 aliphatic rings. The highest BCUT2D eigenvalue weighted by molar-refractivity contribution is 6.02. The van der Waals surface area contributed by atoms with Gasteiger partial charge in [-0.1, -0.05) is 6.07 Å². The van der Waals surface area contributed by atoms with Crippen molar-refractivity contribution >= 4 is 17.0 Å². The fourth-order valence-corrected chi connectivity index (χ4v) is 3.19. The van der Waals surface area contributed by atoms with E-state index >= 15 is 0 Å². The second-order valence-electron chi connectivity index (χ2n) is 5.94. The van der Waals surface area contributed by atoms with E-state index < -0.39 is 18.4 Å². The van der Waals surface area contributed by atoms with Gasteiger partial charge in [0.15, 0.2) is 0 Å². The van der Waals surface area contributed by atoms with Gasteiger partial charge in [0.05, 0.1) is 5.56 Å². The molecule has 0 saturated carbocycles. The van der Waals surface area contributed by atoms with Crippen molar-refractivity contribution in [2.45, 2.75) is 25.3 Å². The fraction of sp³-hybridized carbons (Fsp3) is 0.222. The number of rotatable bonds is 3. The van der Waals surface area contributed by atoms with E-state index in [1.165, 1.54) is 18.3 Å². The predicted molar refractivity (Wildman–Crippen MR) is 85.7 cm³/mol. The number of ether oxygens (including phenoxy) is 2. The number of benzene rings is 1. The first-order chi connectivity index (χ1) is 12.4. The molecule has 0 radical (unpaired) electrons. The van der Waals surface area contributed by atoms with Gasteiger partial charge in [-0.3, -0.25) is 0 Å². The Labute approximate surface area is 145 Å². The lowest BCUT2D eigenvalue weighted by molar-refractivity contribution is -0.274. The van der Waals surface area contributed by atoms with Crippen molar-refractivity contribution < 1.29 is 27.4 Å². The zero-order valence-corrected chi connectivity index (χ0v) is 13.3. The van der Waals surface area contributed by atoms with Crippen molar-refractivity contribution in [1.82, 2.24) is 9.97 Å². The Kier molecular flexibility index (Phi) is 3.82. The highest BCUT2D eigenvalue weighted by Gasteiger charge is 2.33. The van der Waals surface area contributed by atoms with Crippen molar-refractivity contribution in [2.75, 3.05) is 0 Å². The minimum absolute atomic E-state index is 0.323. The van der Waals surface area contributed by atoms with Crippen LogP contribution in [0.1, 0.15) is 34.0 Å². The molecule has 1 unspecified atom stereocenters. The van der Waals surface area contributed by atoms with Gasteiger partial charge in [-0.2, -0.15) is 0 Å². The van der Waals surface area contributed by atoms with Crippen molar-refractivity contribution in [3.05, 3.63) is 59.4 Å². The van der Waals surface area contributed by atoms with Gasteiger partial charge < -0.3 is 14.5 Å². The number of hydrogen-bond acceptors (Lipinski definition) is 4. The van der Waals surface area contributed by atoms with E-state index in [9.17, 15) is 18.0 Å². The summed E-state index contributed by atoms with van der Waals surface area (Å²) in [5.74, 6) is -0.867. The zero-order valence-electron chi connectivity index (χ0n) is 13.3. The molecule has 1 aromatic carbocycles. The van der Waals surface area contributed by atoms with Crippen LogP contribution in [-0.4, -0.2) is 22.3 Å². The molecule has 2 heterocycles. The zero-order chi connectivity index (χ0) is 18.3. The fourth-order valence-electron chi connectivity index (χ4n) is 3.19. The molecule has 0 aliphatic heterocycles. The van der Waals surface area contributed by atoms with Crippen LogP contribution in [0.2, 0.25) is 0 Å². The van der Waals surface area contributed by atoms with Crippen LogP contribution in [0.3, 0.4) is 0 Å². The number of carbonyl (C=O) groups excluding carboxylic acids is 1. The number of esters is 1. The molecule has 1 N–H and O–H groups in total. The number of nitrogens with one attached hydrogen (secondary N) is 1. The number of nitrogens with zero attached hydrogens (tertiary/aromatic N) is 1. The third-order valence-electron chi connectivity index (χ3n) is 4.30. The van der Waals surface area contributed by atoms with Gasteiger partial charge in [0.2, 0.25) is 0 Å². The largest absolute Gasteiger partial charge is 0.573 e. The molecular weight excluding hydrogens is 349 g/mol. The molecule has 134 valence electrons. The quantitative estimate of drug-likeness (QED) is 0.706. The number of aromatic amines is 1. The maximum atomic E-state index is 12.6. The molecule has 1 aliphatic carbocycles. The Morgan fingerprint density at radius 1 is 1.23 bits per heavy atom. The molecule has 0 spiro atoms. The van der Waals surface area contributed by atoms with E-state index in [-0.39, 0.29) is 5.75 Å². The summed E-state index contributed by atoms with van der Waals surface area (Å²) in [6.45, 7) is 0. The van der Waals surface area contributed by atoms with Crippen molar-refractivity contribution in [2.24, 2.45) is 0 Å². The van der Waals surface area contributed by atoms with Crippen LogP contribution in [0.5, 0.6) is 5.75 Å². The lowest BCUT2D eigenvalue weighted by Crippen LogP contribution is -2.17. The van der Waals surface area contributed by atoms with Gasteiger partial charge in [0.1, 0.15) is 17.5 Å². The summed E-state index contributed by atoms with van der Waals surface area (Å²) in [5, 5.41) is 0.630. The molecule has 2 aromatic heterocycles. The van der Waals surface area contributed by atoms with E-state index in [1.807, 2.05) is 0 Å². The maximum Gasteiger partial charge on any atom is 0.573 e. The van der Waals surface area contributed by atoms with Crippen LogP contribution in [0.15, 0.2) is 42.7 Å². The van der Waals surface area contributed by atoms with Crippen LogP contribution in [0.4, 0.5) is 13.2 Å². The first-order valence-corrected chi connectivity index (χ1v) is 7.92. The number of carbonyl (C=O) groups is 1. The average Bonchev–Trinajstić information content (AvgIpc) is 3.20. The summed E-state index contributed by atoms with van der Waals surface area (Å²) in [7, 11) is 0. The molecule has 0 amide bonds. The SMILES string of the molecule is O=C(OC1CCc2ccc(OC(F)(F)F)cc21)c1ccnc2[nH]ccc12. The lowest BCUT2D eigenvalue weighted by Gasteiger charge is -2.15. The number of fused-ring (bicyclic) bond motifs is 2. The summed E-state index contributed by atoms with van der Waals surface area (Å²) in [6, 6.07) is 7.39. The van der Waals surface area contributed by atoms with Gasteiger partial charge in [0, 0.05) is 17.8 Å². The van der Waals surface area contributed by atoms with Crippen LogP contribution < -0.4 is 4.74 Å². The Morgan fingerprint density at radius 2 is 2.08 bits per heavy atom. The average molecular weight is 362 g/mol. The highest BCUT2D eigenvalue weighted by Crippen LogP contribution is 2.38. The first kappa shape index (κ1) is 16.4. The van der Waals surface area contributed by atoms with Crippen LogP contribution in [0, 0.1) is 0 Å². The lowest BCUT2D eigenvalue weighted by atomic mass is 10.1. The van der Waals surface area contributed by atoms with E-state index in [0.29, 0.717) is 35.0 Å². The van der Waals surface area contributed by atoms with Gasteiger partial charge in [-0.25, -0.2) is 9.78 Å². The molecule has 0 fully saturated rings. The van der Waals surface area contributed by atoms with Gasteiger partial charge in [0.25, 0.3) is 0 Å². The summed E-state index contributed by atoms with van der Waals surface area (Å²) in [4.78, 5) is 19.6. The number of hydrogen-bond donors (Lipinski definition) is 1. The van der Waals surface area contributed by atoms with Gasteiger partial charge >= 0.3 is 12.3 Å². The number of halogens is 3. The second kappa shape index (κ2) is 6.05. The molecule has 5 nitrogen and oxygen atoms in total. The van der Waals surface area contributed by atoms with Crippen LogP contribution in [0.25, 0.3) is 11.0 Å². The first-order valence-electron chi connectivity index (χ1n) is 7.92. The molecule has 4 rings (SSSR count). The molecule has 3 aromatic rings. The van der Waals surface area contributed by atoms with E-state index in [0.717, 1.165) is 5.56 Å². The summed E-state index contributed by atoms with van der Waals surface area (Å²) in [6.07, 6.45) is -1.09. The Morgan fingerprint density at radius 3 is 2.88 bits per heavy atom. The van der Waals surface area contributed by atoms with E-state index in [4.69, 9.17) is 4.74 Å². The van der Waals surface area contributed by atoms with Crippen molar-refractivity contribution in [3.63, 3.8) is 0 Å². The molecule has 0 bridgehead atoms. The normalized spacial score (nSPS) is 16.5. The van der Waals surface area contributed by atoms with E-state index in [2.05, 4.69) is 14.7 Å². The Hall–Kier alpha value is -3.03. The number of aryl methyl sites for hydroxylation is 1. The minimum atomic E-state index is -4.77. The maximum absolute atomic E-state index is 12.6. The topological polar surface area (TPSA) is 64.2 Å². The van der Waals surface area contributed by atoms with Gasteiger partial charge in [-0.05, 0) is 48.2 Å². The number of aromatic nitrogens is 2. The molecule has 8 heteroatoms. The summed E-state index contributed by atoms with van der Waals surface area (Å²) < 4.78 is 46.8. The van der Waals surface area contributed by atoms with Crippen molar-refractivity contribution in [3.8, 4) is 5.75 Å². The molecular formula is C18H13F3N2O3. The monoisotopic (exact) mass is 362 g/mol. The summed E-state index contributed by atoms with van der Waals surface area (Å²) in [5.41, 5.74) is 2.30. The van der Waals surface area contributed by atoms with Crippen molar-refractivity contribution in [1.29, 1.82) is 0 Å². The number of alkyl halides is 3. The molecule has 1 atom stereocenters. The van der Waals surface area contributed by atoms with Crippen LogP contribution in [-0.2, 0) is 11.2 Å². The third kappa shape index (κ3) is 3.10. The summed E-state index contributed by atoms with van der Waals surface area (Å²) >= 11 is 0. The standard InChI is InChI=1S/C18H13F3N2O3/c19-18(20,21)26-11-3-1-10-2-4-15(14(10)9-11)25-17(24)13-6-8-23-16-12(13)5-7-22-16/h1,3,5-9,15H,2,4H2,(H,22,23). The molecule has 26 heavy (non-hydrogen) atoms. The Bertz CT molecular complexity index is 981. The number of pyridine rings is 1. The number of H-pyrrole nitrogens is 1. The third-order valence-corrected chi connectivity index (χ3v) is 4.30. The second-order valence-corrected chi connectivity index (χ2v) is 5.94. The smallest absolute Gasteiger partial charge is 0.454 e. The van der Waals surface area contributed by atoms with Gasteiger partial charge in [-0.15, -0.1) is 13.2 Å². The van der Waals surface area contributed by atoms with Crippen LogP contribution >= 0.6 is 0 Å². The minimum Gasteiger partial charge on any atom is -0.454 e.